The smallest absolute Gasteiger partial charge is 0.326 e. The molecule has 0 aromatic heterocycles. The number of carbonyl (C=O) groups excluding carboxylic acids is 1. The zero-order valence-corrected chi connectivity index (χ0v) is 12.8. The van der Waals surface area contributed by atoms with Gasteiger partial charge in [0.1, 0.15) is 10.4 Å². The zero-order valence-electron chi connectivity index (χ0n) is 10.4. The Labute approximate surface area is 130 Å². The van der Waals surface area contributed by atoms with Gasteiger partial charge in [-0.25, -0.2) is 4.79 Å². The van der Waals surface area contributed by atoms with E-state index in [0.29, 0.717) is 15.5 Å². The summed E-state index contributed by atoms with van der Waals surface area (Å²) in [5, 5.41) is 9.51. The molecule has 1 aromatic carbocycles. The molecule has 20 heavy (non-hydrogen) atoms. The molecule has 1 amide bonds. The van der Waals surface area contributed by atoms with Crippen LogP contribution in [-0.2, 0) is 9.59 Å². The summed E-state index contributed by atoms with van der Waals surface area (Å²) in [5.74, 6) is -1.50. The fourth-order valence-corrected chi connectivity index (χ4v) is 3.26. The maximum absolute atomic E-state index is 12.2. The van der Waals surface area contributed by atoms with Gasteiger partial charge in [0.05, 0.1) is 4.91 Å². The van der Waals surface area contributed by atoms with E-state index in [1.54, 1.807) is 30.3 Å². The third kappa shape index (κ3) is 2.87. The number of carboxylic acid groups (broad SMARTS) is 1. The molecule has 1 aliphatic heterocycles. The second-order valence-electron chi connectivity index (χ2n) is 4.09. The van der Waals surface area contributed by atoms with Crippen LogP contribution in [0.15, 0.2) is 29.2 Å². The summed E-state index contributed by atoms with van der Waals surface area (Å²) in [6, 6.07) is 6.10. The van der Waals surface area contributed by atoms with Crippen LogP contribution in [-0.4, -0.2) is 32.2 Å². The van der Waals surface area contributed by atoms with Crippen molar-refractivity contribution in [1.82, 2.24) is 4.90 Å². The standard InChI is InChI=1S/C13H10ClNO3S2/c1-7(12(17)18)15-11(16)10(20-13(15)19)6-8-4-2-3-5-9(8)14/h2-7H,1H3,(H,17,18). The lowest BCUT2D eigenvalue weighted by Gasteiger charge is -2.18. The molecule has 1 saturated heterocycles. The highest BCUT2D eigenvalue weighted by molar-refractivity contribution is 8.26. The summed E-state index contributed by atoms with van der Waals surface area (Å²) in [5.41, 5.74) is 0.692. The van der Waals surface area contributed by atoms with Crippen LogP contribution in [0.5, 0.6) is 0 Å². The van der Waals surface area contributed by atoms with Gasteiger partial charge in [0.2, 0.25) is 0 Å². The normalized spacial score (nSPS) is 18.7. The number of hydrogen-bond acceptors (Lipinski definition) is 4. The van der Waals surface area contributed by atoms with Crippen molar-refractivity contribution >= 4 is 57.9 Å². The van der Waals surface area contributed by atoms with Crippen molar-refractivity contribution in [3.8, 4) is 0 Å². The van der Waals surface area contributed by atoms with Crippen LogP contribution < -0.4 is 0 Å². The number of halogens is 1. The van der Waals surface area contributed by atoms with E-state index in [1.807, 2.05) is 0 Å². The number of rotatable bonds is 3. The zero-order chi connectivity index (χ0) is 14.9. The van der Waals surface area contributed by atoms with Crippen LogP contribution in [0.2, 0.25) is 5.02 Å². The molecule has 0 radical (unpaired) electrons. The molecule has 0 aliphatic carbocycles. The Hall–Kier alpha value is -1.37. The highest BCUT2D eigenvalue weighted by atomic mass is 35.5. The first-order chi connectivity index (χ1) is 9.41. The SMILES string of the molecule is CC(C(=O)O)N1C(=O)C(=Cc2ccccc2Cl)SC1=S. The van der Waals surface area contributed by atoms with E-state index in [2.05, 4.69) is 0 Å². The summed E-state index contributed by atoms with van der Waals surface area (Å²) in [6.45, 7) is 1.42. The minimum Gasteiger partial charge on any atom is -0.480 e. The highest BCUT2D eigenvalue weighted by Crippen LogP contribution is 2.34. The molecule has 1 heterocycles. The summed E-state index contributed by atoms with van der Waals surface area (Å²) in [7, 11) is 0. The van der Waals surface area contributed by atoms with Gasteiger partial charge in [-0.3, -0.25) is 9.69 Å². The van der Waals surface area contributed by atoms with Crippen molar-refractivity contribution in [2.24, 2.45) is 0 Å². The Balaban J connectivity index is 2.33. The number of amides is 1. The lowest BCUT2D eigenvalue weighted by Crippen LogP contribution is -2.41. The second kappa shape index (κ2) is 5.95. The molecule has 0 spiro atoms. The van der Waals surface area contributed by atoms with Gasteiger partial charge in [-0.05, 0) is 24.6 Å². The summed E-state index contributed by atoms with van der Waals surface area (Å²) in [4.78, 5) is 24.7. The van der Waals surface area contributed by atoms with Crippen LogP contribution in [0.4, 0.5) is 0 Å². The van der Waals surface area contributed by atoms with Gasteiger partial charge < -0.3 is 5.11 Å². The molecule has 2 rings (SSSR count). The Bertz CT molecular complexity index is 630. The van der Waals surface area contributed by atoms with Crippen molar-refractivity contribution < 1.29 is 14.7 Å². The average Bonchev–Trinajstić information content (AvgIpc) is 2.66. The van der Waals surface area contributed by atoms with E-state index in [0.717, 1.165) is 16.7 Å². The molecule has 7 heteroatoms. The molecule has 1 atom stereocenters. The first-order valence-electron chi connectivity index (χ1n) is 5.66. The van der Waals surface area contributed by atoms with E-state index in [1.165, 1.54) is 6.92 Å². The number of carbonyl (C=O) groups is 2. The van der Waals surface area contributed by atoms with Crippen LogP contribution in [0.1, 0.15) is 12.5 Å². The van der Waals surface area contributed by atoms with Gasteiger partial charge in [0.15, 0.2) is 0 Å². The third-order valence-corrected chi connectivity index (χ3v) is 4.43. The van der Waals surface area contributed by atoms with E-state index in [-0.39, 0.29) is 4.32 Å². The largest absolute Gasteiger partial charge is 0.480 e. The van der Waals surface area contributed by atoms with Crippen LogP contribution in [0, 0.1) is 0 Å². The monoisotopic (exact) mass is 327 g/mol. The number of nitrogens with zero attached hydrogens (tertiary/aromatic N) is 1. The molecule has 1 fully saturated rings. The van der Waals surface area contributed by atoms with Gasteiger partial charge in [-0.2, -0.15) is 0 Å². The highest BCUT2D eigenvalue weighted by Gasteiger charge is 2.38. The Morgan fingerprint density at radius 3 is 2.75 bits per heavy atom. The molecule has 104 valence electrons. The average molecular weight is 328 g/mol. The van der Waals surface area contributed by atoms with E-state index >= 15 is 0 Å². The van der Waals surface area contributed by atoms with Crippen molar-refractivity contribution in [3.63, 3.8) is 0 Å². The van der Waals surface area contributed by atoms with Crippen molar-refractivity contribution in [2.75, 3.05) is 0 Å². The number of carboxylic acids is 1. The second-order valence-corrected chi connectivity index (χ2v) is 6.17. The number of thiocarbonyl (C=S) groups is 1. The van der Waals surface area contributed by atoms with Crippen molar-refractivity contribution in [2.45, 2.75) is 13.0 Å². The van der Waals surface area contributed by atoms with Gasteiger partial charge in [-0.1, -0.05) is 53.8 Å². The molecular weight excluding hydrogens is 318 g/mol. The van der Waals surface area contributed by atoms with Crippen molar-refractivity contribution in [1.29, 1.82) is 0 Å². The fraction of sp³-hybridized carbons (Fsp3) is 0.154. The van der Waals surface area contributed by atoms with Gasteiger partial charge in [0, 0.05) is 5.02 Å². The van der Waals surface area contributed by atoms with E-state index in [4.69, 9.17) is 28.9 Å². The summed E-state index contributed by atoms with van der Waals surface area (Å²) >= 11 is 12.2. The minimum atomic E-state index is -1.10. The lowest BCUT2D eigenvalue weighted by atomic mass is 10.2. The topological polar surface area (TPSA) is 57.6 Å². The van der Waals surface area contributed by atoms with Crippen LogP contribution in [0.3, 0.4) is 0 Å². The first-order valence-corrected chi connectivity index (χ1v) is 7.26. The molecule has 1 N–H and O–H groups in total. The first kappa shape index (κ1) is 15.0. The number of hydrogen-bond donors (Lipinski definition) is 1. The number of benzene rings is 1. The molecule has 1 unspecified atom stereocenters. The lowest BCUT2D eigenvalue weighted by molar-refractivity contribution is -0.144. The van der Waals surface area contributed by atoms with Crippen molar-refractivity contribution in [3.05, 3.63) is 39.8 Å². The van der Waals surface area contributed by atoms with Crippen LogP contribution in [0.25, 0.3) is 6.08 Å². The van der Waals surface area contributed by atoms with E-state index in [9.17, 15) is 9.59 Å². The summed E-state index contributed by atoms with van der Waals surface area (Å²) < 4.78 is 0.239. The minimum absolute atomic E-state index is 0.239. The predicted molar refractivity (Wildman–Crippen MR) is 83.6 cm³/mol. The molecule has 1 aromatic rings. The van der Waals surface area contributed by atoms with E-state index < -0.39 is 17.9 Å². The maximum atomic E-state index is 12.2. The van der Waals surface area contributed by atoms with Crippen LogP contribution >= 0.6 is 35.6 Å². The fourth-order valence-electron chi connectivity index (χ4n) is 1.66. The van der Waals surface area contributed by atoms with Gasteiger partial charge in [0.25, 0.3) is 5.91 Å². The van der Waals surface area contributed by atoms with Gasteiger partial charge in [-0.15, -0.1) is 0 Å². The maximum Gasteiger partial charge on any atom is 0.326 e. The molecule has 0 bridgehead atoms. The molecule has 0 saturated carbocycles. The Morgan fingerprint density at radius 1 is 1.50 bits per heavy atom. The molecule has 1 aliphatic rings. The molecular formula is C13H10ClNO3S2. The molecule has 4 nitrogen and oxygen atoms in total. The summed E-state index contributed by atoms with van der Waals surface area (Å²) in [6.07, 6.45) is 1.62. The Morgan fingerprint density at radius 2 is 2.15 bits per heavy atom. The van der Waals surface area contributed by atoms with Gasteiger partial charge >= 0.3 is 5.97 Å². The predicted octanol–water partition coefficient (Wildman–Crippen LogP) is 3.01. The third-order valence-electron chi connectivity index (χ3n) is 2.76. The number of aliphatic carboxylic acids is 1. The Kier molecular flexibility index (Phi) is 4.47. The quantitative estimate of drug-likeness (QED) is 0.683. The number of thioether (sulfide) groups is 1.